The van der Waals surface area contributed by atoms with E-state index in [4.69, 9.17) is 15.4 Å². The molecule has 0 fully saturated rings. The largest absolute Gasteiger partial charge is 0.455 e. The van der Waals surface area contributed by atoms with Crippen LogP contribution >= 0.6 is 0 Å². The second-order valence-corrected chi connectivity index (χ2v) is 11.8. The van der Waals surface area contributed by atoms with Gasteiger partial charge in [0, 0.05) is 16.2 Å². The Balaban J connectivity index is 1.29. The van der Waals surface area contributed by atoms with E-state index in [0.29, 0.717) is 49.4 Å². The average molecular weight is 636 g/mol. The molecule has 0 bridgehead atoms. The Kier molecular flexibility index (Phi) is 3.99. The molecule has 1 aromatic heterocycles. The van der Waals surface area contributed by atoms with Crippen LogP contribution in [0.25, 0.3) is 98.8 Å². The smallest absolute Gasteiger partial charge is 0.143 e. The van der Waals surface area contributed by atoms with Crippen molar-refractivity contribution in [3.63, 3.8) is 0 Å². The minimum Gasteiger partial charge on any atom is -0.455 e. The number of hydrogen-bond donors (Lipinski definition) is 0. The molecule has 0 amide bonds. The van der Waals surface area contributed by atoms with Crippen molar-refractivity contribution in [2.45, 2.75) is 0 Å². The molecule has 49 heavy (non-hydrogen) atoms. The van der Waals surface area contributed by atoms with E-state index in [1.807, 2.05) is 66.7 Å². The van der Waals surface area contributed by atoms with Crippen LogP contribution in [0.15, 0.2) is 186 Å². The fourth-order valence-electron chi connectivity index (χ4n) is 6.83. The summed E-state index contributed by atoms with van der Waals surface area (Å²) in [5.41, 5.74) is 2.84. The molecule has 0 spiro atoms. The van der Waals surface area contributed by atoms with E-state index in [2.05, 4.69) is 0 Å². The van der Waals surface area contributed by atoms with Gasteiger partial charge in [0.1, 0.15) is 11.2 Å². The monoisotopic (exact) mass is 635 g/mol. The van der Waals surface area contributed by atoms with Gasteiger partial charge in [-0.2, -0.15) is 0 Å². The van der Waals surface area contributed by atoms with Gasteiger partial charge in [-0.3, -0.25) is 0 Å². The van der Waals surface area contributed by atoms with Gasteiger partial charge >= 0.3 is 0 Å². The van der Waals surface area contributed by atoms with Crippen molar-refractivity contribution in [2.75, 3.05) is 0 Å². The van der Waals surface area contributed by atoms with Gasteiger partial charge in [-0.05, 0) is 89.6 Å². The SMILES string of the molecule is [2H]c1c([2H])c(-c2ccccc2-c2c3ccccc3c(-c3c([2H])c([2H])c4c(oc5c6c([2H])c([2H])c([2H])c([2H])c6c([2H])c([2H])c54)c3[2H])c3ccccc23)c([2H])c([2H])c1-c1ccccc1. The first kappa shape index (κ1) is 17.6. The summed E-state index contributed by atoms with van der Waals surface area (Å²) in [4.78, 5) is 0. The number of hydrogen-bond acceptors (Lipinski definition) is 1. The highest BCUT2D eigenvalue weighted by molar-refractivity contribution is 6.23. The van der Waals surface area contributed by atoms with Crippen molar-refractivity contribution >= 4 is 54.3 Å². The molecular weight excluding hydrogens is 593 g/mol. The van der Waals surface area contributed by atoms with Gasteiger partial charge in [0.25, 0.3) is 0 Å². The maximum Gasteiger partial charge on any atom is 0.143 e. The lowest BCUT2D eigenvalue weighted by atomic mass is 9.83. The Morgan fingerprint density at radius 1 is 0.367 bits per heavy atom. The third kappa shape index (κ3) is 4.40. The normalized spacial score (nSPS) is 15.4. The van der Waals surface area contributed by atoms with E-state index in [1.54, 1.807) is 36.4 Å². The van der Waals surface area contributed by atoms with Crippen LogP contribution in [0.4, 0.5) is 0 Å². The highest BCUT2D eigenvalue weighted by Crippen LogP contribution is 2.47. The predicted octanol–water partition coefficient (Wildman–Crippen LogP) is 13.7. The lowest BCUT2D eigenvalue weighted by Gasteiger charge is -2.19. The lowest BCUT2D eigenvalue weighted by Crippen LogP contribution is -1.92. The zero-order valence-electron chi connectivity index (χ0n) is 38.7. The molecule has 0 atom stereocenters. The van der Waals surface area contributed by atoms with Gasteiger partial charge in [-0.25, -0.2) is 0 Å². The van der Waals surface area contributed by atoms with E-state index >= 15 is 0 Å². The van der Waals surface area contributed by atoms with Gasteiger partial charge in [0.05, 0.1) is 17.8 Å². The summed E-state index contributed by atoms with van der Waals surface area (Å²) in [7, 11) is 0. The second kappa shape index (κ2) is 11.1. The summed E-state index contributed by atoms with van der Waals surface area (Å²) in [5.74, 6) is 0. The fraction of sp³-hybridized carbons (Fsp3) is 0. The van der Waals surface area contributed by atoms with Crippen LogP contribution in [-0.2, 0) is 0 Å². The molecule has 0 aliphatic rings. The molecular formula is C48H30O. The molecule has 0 radical (unpaired) electrons. The Morgan fingerprint density at radius 3 is 1.67 bits per heavy atom. The van der Waals surface area contributed by atoms with Crippen LogP contribution in [0.1, 0.15) is 17.8 Å². The fourth-order valence-corrected chi connectivity index (χ4v) is 6.83. The first-order valence-corrected chi connectivity index (χ1v) is 15.8. The standard InChI is InChI=1S/C48H30O/c1-2-12-31(13-3-1)32-22-24-34(25-23-32)36-15-6-7-17-39(36)47-42-20-10-8-18-40(42)46(41-19-9-11-21-43(41)47)35-27-28-38-44-29-26-33-14-4-5-16-37(33)48(44)49-45(38)30-35/h1-30H/i4D,5D,14D,16D,22D,23D,24D,25D,26D,27D,28D,29D,30D. The van der Waals surface area contributed by atoms with Crippen molar-refractivity contribution in [3.05, 3.63) is 182 Å². The van der Waals surface area contributed by atoms with E-state index in [-0.39, 0.29) is 91.7 Å². The van der Waals surface area contributed by atoms with E-state index < -0.39 is 36.3 Å². The van der Waals surface area contributed by atoms with Gasteiger partial charge in [0.15, 0.2) is 0 Å². The second-order valence-electron chi connectivity index (χ2n) is 11.8. The maximum atomic E-state index is 9.70. The Bertz CT molecular complexity index is 3530. The predicted molar refractivity (Wildman–Crippen MR) is 208 cm³/mol. The van der Waals surface area contributed by atoms with E-state index in [0.717, 1.165) is 0 Å². The van der Waals surface area contributed by atoms with Crippen molar-refractivity contribution in [1.29, 1.82) is 0 Å². The van der Waals surface area contributed by atoms with Crippen molar-refractivity contribution < 1.29 is 22.2 Å². The van der Waals surface area contributed by atoms with Crippen LogP contribution < -0.4 is 0 Å². The molecule has 0 N–H and O–H groups in total. The van der Waals surface area contributed by atoms with E-state index in [1.165, 1.54) is 0 Å². The molecule has 0 saturated heterocycles. The highest BCUT2D eigenvalue weighted by atomic mass is 16.3. The van der Waals surface area contributed by atoms with Crippen molar-refractivity contribution in [3.8, 4) is 44.5 Å². The third-order valence-corrected chi connectivity index (χ3v) is 9.02. The summed E-state index contributed by atoms with van der Waals surface area (Å²) >= 11 is 0. The highest BCUT2D eigenvalue weighted by Gasteiger charge is 2.20. The van der Waals surface area contributed by atoms with Crippen LogP contribution in [0.3, 0.4) is 0 Å². The first-order valence-electron chi connectivity index (χ1n) is 22.3. The zero-order valence-corrected chi connectivity index (χ0v) is 25.7. The molecule has 9 aromatic carbocycles. The quantitative estimate of drug-likeness (QED) is 0.175. The molecule has 0 saturated carbocycles. The van der Waals surface area contributed by atoms with Crippen molar-refractivity contribution in [1.82, 2.24) is 0 Å². The molecule has 10 rings (SSSR count). The summed E-state index contributed by atoms with van der Waals surface area (Å²) in [6, 6.07) is 26.1. The lowest BCUT2D eigenvalue weighted by molar-refractivity contribution is 0.673. The molecule has 228 valence electrons. The third-order valence-electron chi connectivity index (χ3n) is 9.02. The molecule has 0 aliphatic heterocycles. The van der Waals surface area contributed by atoms with Gasteiger partial charge in [0.2, 0.25) is 0 Å². The minimum atomic E-state index is -0.572. The number of benzene rings is 9. The molecule has 0 unspecified atom stereocenters. The topological polar surface area (TPSA) is 13.1 Å². The molecule has 10 aromatic rings. The number of furan rings is 1. The summed E-state index contributed by atoms with van der Waals surface area (Å²) in [6.07, 6.45) is 0. The number of rotatable bonds is 4. The minimum absolute atomic E-state index is 0.0497. The number of fused-ring (bicyclic) bond motifs is 7. The zero-order chi connectivity index (χ0) is 43.6. The van der Waals surface area contributed by atoms with Gasteiger partial charge in [-0.15, -0.1) is 0 Å². The van der Waals surface area contributed by atoms with Crippen LogP contribution in [0.5, 0.6) is 0 Å². The van der Waals surface area contributed by atoms with Crippen LogP contribution in [0, 0.1) is 0 Å². The summed E-state index contributed by atoms with van der Waals surface area (Å²) < 4.78 is 123. The Labute approximate surface area is 302 Å². The molecule has 1 nitrogen and oxygen atoms in total. The summed E-state index contributed by atoms with van der Waals surface area (Å²) in [6.45, 7) is 0. The van der Waals surface area contributed by atoms with Crippen LogP contribution in [0.2, 0.25) is 0 Å². The van der Waals surface area contributed by atoms with Crippen molar-refractivity contribution in [2.24, 2.45) is 0 Å². The van der Waals surface area contributed by atoms with E-state index in [9.17, 15) is 6.85 Å². The summed E-state index contributed by atoms with van der Waals surface area (Å²) in [5, 5.41) is 2.01. The van der Waals surface area contributed by atoms with Gasteiger partial charge in [-0.1, -0.05) is 164 Å². The maximum absolute atomic E-state index is 9.70. The molecule has 1 heterocycles. The van der Waals surface area contributed by atoms with Gasteiger partial charge < -0.3 is 4.42 Å². The average Bonchev–Trinajstić information content (AvgIpc) is 3.69. The van der Waals surface area contributed by atoms with Crippen LogP contribution in [-0.4, -0.2) is 0 Å². The first-order chi connectivity index (χ1) is 29.8. The Morgan fingerprint density at radius 2 is 0.939 bits per heavy atom. The Hall–Kier alpha value is -6.44. The molecule has 1 heteroatoms. The molecule has 0 aliphatic carbocycles.